The Balaban J connectivity index is 1.36. The van der Waals surface area contributed by atoms with Crippen LogP contribution in [-0.4, -0.2) is 4.57 Å². The summed E-state index contributed by atoms with van der Waals surface area (Å²) >= 11 is 1.87. The number of rotatable bonds is 1. The van der Waals surface area contributed by atoms with Crippen molar-refractivity contribution in [2.45, 2.75) is 0 Å². The van der Waals surface area contributed by atoms with E-state index in [1.54, 1.807) is 0 Å². The summed E-state index contributed by atoms with van der Waals surface area (Å²) in [6, 6.07) is 43.8. The summed E-state index contributed by atoms with van der Waals surface area (Å²) in [6.07, 6.45) is 0. The molecule has 3 aromatic heterocycles. The molecular weight excluding hydrogens is 508 g/mol. The van der Waals surface area contributed by atoms with Crippen LogP contribution in [0.4, 0.5) is 17.1 Å². The summed E-state index contributed by atoms with van der Waals surface area (Å²) in [4.78, 5) is 2.39. The van der Waals surface area contributed by atoms with E-state index in [4.69, 9.17) is 4.42 Å². The van der Waals surface area contributed by atoms with Crippen LogP contribution >= 0.6 is 11.3 Å². The van der Waals surface area contributed by atoms with Crippen molar-refractivity contribution in [1.82, 2.24) is 4.57 Å². The molecule has 0 aliphatic carbocycles. The van der Waals surface area contributed by atoms with Crippen LogP contribution in [0.1, 0.15) is 0 Å². The molecule has 3 nitrogen and oxygen atoms in total. The number of benzene rings is 6. The zero-order chi connectivity index (χ0) is 25.9. The predicted molar refractivity (Wildman–Crippen MR) is 169 cm³/mol. The molecular formula is C36H20N2OS. The van der Waals surface area contributed by atoms with Gasteiger partial charge in [-0.2, -0.15) is 0 Å². The van der Waals surface area contributed by atoms with Gasteiger partial charge >= 0.3 is 0 Å². The molecule has 1 aliphatic heterocycles. The van der Waals surface area contributed by atoms with Gasteiger partial charge in [0.1, 0.15) is 5.58 Å². The Labute approximate surface area is 232 Å². The molecule has 1 aliphatic rings. The van der Waals surface area contributed by atoms with Crippen molar-refractivity contribution >= 4 is 92.3 Å². The molecule has 4 heterocycles. The second-order valence-electron chi connectivity index (χ2n) is 10.5. The number of hydrogen-bond donors (Lipinski definition) is 0. The highest BCUT2D eigenvalue weighted by Gasteiger charge is 2.30. The molecule has 10 rings (SSSR count). The number of fused-ring (bicyclic) bond motifs is 11. The van der Waals surface area contributed by atoms with E-state index in [9.17, 15) is 0 Å². The molecule has 0 spiro atoms. The lowest BCUT2D eigenvalue weighted by atomic mass is 10.1. The van der Waals surface area contributed by atoms with E-state index >= 15 is 0 Å². The first kappa shape index (κ1) is 20.8. The second kappa shape index (κ2) is 7.32. The number of thiophene rings is 1. The minimum Gasteiger partial charge on any atom is -0.454 e. The Hall–Kier alpha value is -5.06. The lowest BCUT2D eigenvalue weighted by Gasteiger charge is -2.33. The normalized spacial score (nSPS) is 12.9. The van der Waals surface area contributed by atoms with E-state index in [-0.39, 0.29) is 0 Å². The minimum atomic E-state index is 0.909. The fourth-order valence-electron chi connectivity index (χ4n) is 6.84. The van der Waals surface area contributed by atoms with Gasteiger partial charge in [-0.3, -0.25) is 0 Å². The van der Waals surface area contributed by atoms with Crippen LogP contribution in [0.15, 0.2) is 126 Å². The van der Waals surface area contributed by atoms with Crippen LogP contribution in [-0.2, 0) is 0 Å². The van der Waals surface area contributed by atoms with Crippen LogP contribution in [0, 0.1) is 0 Å². The van der Waals surface area contributed by atoms with Gasteiger partial charge in [0.2, 0.25) is 0 Å². The molecule has 0 amide bonds. The highest BCUT2D eigenvalue weighted by atomic mass is 32.1. The first-order valence-corrected chi connectivity index (χ1v) is 14.3. The fraction of sp³-hybridized carbons (Fsp3) is 0. The number of furan rings is 1. The largest absolute Gasteiger partial charge is 0.454 e. The Morgan fingerprint density at radius 1 is 0.475 bits per heavy atom. The predicted octanol–water partition coefficient (Wildman–Crippen LogP) is 10.8. The van der Waals surface area contributed by atoms with E-state index in [2.05, 4.69) is 125 Å². The molecule has 0 atom stereocenters. The lowest BCUT2D eigenvalue weighted by Crippen LogP contribution is -2.18. The third-order valence-corrected chi connectivity index (χ3v) is 9.63. The standard InChI is InChI=1S/C36H20N2OS/c1-5-17-32-21(9-1)24-12-8-16-30(36(24)39-32)37-27-13-3-4-14-28(27)38-31-20-34-26(22-10-2-6-18-33(22)40-34)19-25(31)23-11-7-15-29(37)35(23)38/h1-20H. The van der Waals surface area contributed by atoms with Gasteiger partial charge in [0.15, 0.2) is 5.58 Å². The summed E-state index contributed by atoms with van der Waals surface area (Å²) in [5, 5.41) is 7.48. The van der Waals surface area contributed by atoms with Crippen molar-refractivity contribution in [2.24, 2.45) is 0 Å². The van der Waals surface area contributed by atoms with E-state index in [0.29, 0.717) is 0 Å². The Bertz CT molecular complexity index is 2510. The van der Waals surface area contributed by atoms with Crippen molar-refractivity contribution in [3.63, 3.8) is 0 Å². The highest BCUT2D eigenvalue weighted by molar-refractivity contribution is 7.25. The van der Waals surface area contributed by atoms with Crippen LogP contribution in [0.25, 0.3) is 69.6 Å². The van der Waals surface area contributed by atoms with Crippen molar-refractivity contribution < 1.29 is 4.42 Å². The van der Waals surface area contributed by atoms with Gasteiger partial charge in [-0.15, -0.1) is 11.3 Å². The lowest BCUT2D eigenvalue weighted by molar-refractivity contribution is 0.669. The van der Waals surface area contributed by atoms with Gasteiger partial charge in [0.05, 0.1) is 33.8 Å². The third kappa shape index (κ3) is 2.50. The summed E-state index contributed by atoms with van der Waals surface area (Å²) in [5.74, 6) is 0. The molecule has 0 N–H and O–H groups in total. The van der Waals surface area contributed by atoms with Crippen LogP contribution in [0.3, 0.4) is 0 Å². The maximum absolute atomic E-state index is 6.53. The van der Waals surface area contributed by atoms with Gasteiger partial charge in [-0.25, -0.2) is 0 Å². The average Bonchev–Trinajstić information content (AvgIpc) is 3.67. The molecule has 186 valence electrons. The average molecular weight is 529 g/mol. The van der Waals surface area contributed by atoms with E-state index in [1.165, 1.54) is 47.7 Å². The molecule has 0 fully saturated rings. The van der Waals surface area contributed by atoms with Gasteiger partial charge in [-0.1, -0.05) is 72.8 Å². The molecule has 4 heteroatoms. The molecule has 0 saturated heterocycles. The van der Waals surface area contributed by atoms with Crippen LogP contribution < -0.4 is 4.90 Å². The smallest absolute Gasteiger partial charge is 0.159 e. The molecule has 40 heavy (non-hydrogen) atoms. The van der Waals surface area contributed by atoms with E-state index in [0.717, 1.165) is 39.0 Å². The zero-order valence-electron chi connectivity index (χ0n) is 21.3. The van der Waals surface area contributed by atoms with Gasteiger partial charge < -0.3 is 13.9 Å². The first-order chi connectivity index (χ1) is 19.8. The van der Waals surface area contributed by atoms with Crippen molar-refractivity contribution in [3.8, 4) is 5.69 Å². The molecule has 6 aromatic carbocycles. The van der Waals surface area contributed by atoms with Crippen molar-refractivity contribution in [3.05, 3.63) is 121 Å². The molecule has 0 bridgehead atoms. The summed E-state index contributed by atoms with van der Waals surface area (Å²) in [7, 11) is 0. The van der Waals surface area contributed by atoms with Crippen LogP contribution in [0.2, 0.25) is 0 Å². The Morgan fingerprint density at radius 3 is 2.10 bits per heavy atom. The second-order valence-corrected chi connectivity index (χ2v) is 11.6. The van der Waals surface area contributed by atoms with Gasteiger partial charge in [0.25, 0.3) is 0 Å². The van der Waals surface area contributed by atoms with Gasteiger partial charge in [-0.05, 0) is 48.5 Å². The molecule has 0 saturated carbocycles. The number of anilines is 3. The SMILES string of the molecule is c1ccc2c(c1)N(c1cccc3c1oc1ccccc13)c1cccc3c4cc5c(cc4n-2c13)sc1ccccc15. The van der Waals surface area contributed by atoms with Crippen molar-refractivity contribution in [2.75, 3.05) is 4.90 Å². The quantitative estimate of drug-likeness (QED) is 0.211. The van der Waals surface area contributed by atoms with Crippen molar-refractivity contribution in [1.29, 1.82) is 0 Å². The maximum atomic E-state index is 6.53. The fourth-order valence-corrected chi connectivity index (χ4v) is 7.96. The number of hydrogen-bond acceptors (Lipinski definition) is 3. The number of para-hydroxylation sites is 5. The Morgan fingerprint density at radius 2 is 1.18 bits per heavy atom. The van der Waals surface area contributed by atoms with E-state index < -0.39 is 0 Å². The monoisotopic (exact) mass is 528 g/mol. The first-order valence-electron chi connectivity index (χ1n) is 13.5. The van der Waals surface area contributed by atoms with Gasteiger partial charge in [0, 0.05) is 41.7 Å². The summed E-state index contributed by atoms with van der Waals surface area (Å²) in [6.45, 7) is 0. The molecule has 9 aromatic rings. The van der Waals surface area contributed by atoms with Crippen LogP contribution in [0.5, 0.6) is 0 Å². The molecule has 0 unspecified atom stereocenters. The summed E-state index contributed by atoms with van der Waals surface area (Å²) < 4.78 is 11.7. The third-order valence-electron chi connectivity index (χ3n) is 8.49. The summed E-state index contributed by atoms with van der Waals surface area (Å²) in [5.41, 5.74) is 8.83. The maximum Gasteiger partial charge on any atom is 0.159 e. The number of nitrogens with zero attached hydrogens (tertiary/aromatic N) is 2. The topological polar surface area (TPSA) is 21.3 Å². The zero-order valence-corrected chi connectivity index (χ0v) is 22.1. The number of aromatic nitrogens is 1. The van der Waals surface area contributed by atoms with E-state index in [1.807, 2.05) is 17.4 Å². The molecule has 0 radical (unpaired) electrons. The Kier molecular flexibility index (Phi) is 3.81. The highest BCUT2D eigenvalue weighted by Crippen LogP contribution is 2.52. The minimum absolute atomic E-state index is 0.909.